The number of aliphatic imine (C=N–C) groups is 1. The van der Waals surface area contributed by atoms with E-state index >= 15 is 0 Å². The van der Waals surface area contributed by atoms with Crippen LogP contribution in [0.5, 0.6) is 0 Å². The van der Waals surface area contributed by atoms with E-state index in [1.54, 1.807) is 24.4 Å². The highest BCUT2D eigenvalue weighted by atomic mass is 32.2. The third-order valence-electron chi connectivity index (χ3n) is 5.07. The van der Waals surface area contributed by atoms with Crippen LogP contribution >= 0.6 is 11.8 Å². The third kappa shape index (κ3) is 5.44. The number of alkyl halides is 3. The fourth-order valence-corrected chi connectivity index (χ4v) is 4.38. The molecule has 158 valence electrons. The molecule has 0 saturated heterocycles. The van der Waals surface area contributed by atoms with Crippen LogP contribution in [0.2, 0.25) is 0 Å². The van der Waals surface area contributed by atoms with E-state index in [0.717, 1.165) is 42.0 Å². The van der Waals surface area contributed by atoms with Crippen molar-refractivity contribution in [1.29, 1.82) is 0 Å². The second kappa shape index (κ2) is 9.10. The van der Waals surface area contributed by atoms with Gasteiger partial charge in [-0.15, -0.1) is 0 Å². The summed E-state index contributed by atoms with van der Waals surface area (Å²) in [6.45, 7) is 0. The highest BCUT2D eigenvalue weighted by molar-refractivity contribution is 8.08. The molecule has 1 aliphatic carbocycles. The fraction of sp³-hybridized carbons (Fsp3) is 0.160. The second-order valence-electron chi connectivity index (χ2n) is 7.25. The van der Waals surface area contributed by atoms with Crippen molar-refractivity contribution in [2.75, 3.05) is 0 Å². The molecule has 31 heavy (non-hydrogen) atoms. The third-order valence-corrected chi connectivity index (χ3v) is 6.17. The molecular weight excluding hydrogens is 422 g/mol. The number of fused-ring (bicyclic) bond motifs is 1. The molecule has 0 aromatic heterocycles. The summed E-state index contributed by atoms with van der Waals surface area (Å²) in [5.41, 5.74) is 3.46. The summed E-state index contributed by atoms with van der Waals surface area (Å²) < 4.78 is 52.0. The summed E-state index contributed by atoms with van der Waals surface area (Å²) in [6, 6.07) is 17.1. The van der Waals surface area contributed by atoms with Crippen molar-refractivity contribution in [3.63, 3.8) is 0 Å². The molecule has 0 bridgehead atoms. The smallest absolute Gasteiger partial charge is 0.257 e. The number of aryl methyl sites for hydroxylation is 2. The van der Waals surface area contributed by atoms with E-state index in [-0.39, 0.29) is 5.82 Å². The van der Waals surface area contributed by atoms with Crippen molar-refractivity contribution in [2.24, 2.45) is 4.99 Å². The van der Waals surface area contributed by atoms with Crippen LogP contribution in [-0.2, 0) is 19.0 Å². The van der Waals surface area contributed by atoms with Crippen LogP contribution in [0.3, 0.4) is 0 Å². The quantitative estimate of drug-likeness (QED) is 0.223. The number of hydrogen-bond acceptors (Lipinski definition) is 2. The molecule has 1 aliphatic rings. The number of nitrogens with zero attached hydrogens (tertiary/aromatic N) is 1. The van der Waals surface area contributed by atoms with Gasteiger partial charge in [-0.1, -0.05) is 30.0 Å². The number of allylic oxidation sites excluding steroid dienone is 1. The number of benzene rings is 3. The maximum absolute atomic E-state index is 13.2. The maximum atomic E-state index is 13.2. The van der Waals surface area contributed by atoms with Crippen LogP contribution in [0.1, 0.15) is 28.7 Å². The van der Waals surface area contributed by atoms with Crippen molar-refractivity contribution in [3.05, 3.63) is 101 Å². The van der Waals surface area contributed by atoms with E-state index < -0.39 is 11.7 Å². The first kappa shape index (κ1) is 21.4. The lowest BCUT2D eigenvalue weighted by Gasteiger charge is -2.10. The van der Waals surface area contributed by atoms with Gasteiger partial charge in [0.2, 0.25) is 0 Å². The van der Waals surface area contributed by atoms with Gasteiger partial charge in [0, 0.05) is 16.0 Å². The average Bonchev–Trinajstić information content (AvgIpc) is 3.22. The SMILES string of the molecule is Fc1ccc(SC(=CC=Nc2ccc3c(c2)CCC3)c2ccc(C(F)(F)F)cc2)cc1. The monoisotopic (exact) mass is 441 g/mol. The number of halogens is 4. The van der Waals surface area contributed by atoms with E-state index in [1.165, 1.54) is 47.2 Å². The Kier molecular flexibility index (Phi) is 6.28. The minimum atomic E-state index is -4.39. The first-order valence-electron chi connectivity index (χ1n) is 9.86. The van der Waals surface area contributed by atoms with Gasteiger partial charge in [0.15, 0.2) is 0 Å². The van der Waals surface area contributed by atoms with Crippen molar-refractivity contribution in [3.8, 4) is 0 Å². The van der Waals surface area contributed by atoms with Crippen LogP contribution in [-0.4, -0.2) is 6.21 Å². The molecule has 0 saturated carbocycles. The maximum Gasteiger partial charge on any atom is 0.416 e. The number of hydrogen-bond donors (Lipinski definition) is 0. The van der Waals surface area contributed by atoms with Gasteiger partial charge < -0.3 is 0 Å². The summed E-state index contributed by atoms with van der Waals surface area (Å²) in [6.07, 6.45) is 2.36. The number of thioether (sulfide) groups is 1. The van der Waals surface area contributed by atoms with E-state index in [4.69, 9.17) is 0 Å². The molecule has 0 amide bonds. The van der Waals surface area contributed by atoms with Crippen LogP contribution in [0, 0.1) is 5.82 Å². The van der Waals surface area contributed by atoms with Crippen molar-refractivity contribution in [2.45, 2.75) is 30.3 Å². The van der Waals surface area contributed by atoms with E-state index in [2.05, 4.69) is 17.1 Å². The average molecular weight is 441 g/mol. The van der Waals surface area contributed by atoms with Gasteiger partial charge in [0.25, 0.3) is 0 Å². The van der Waals surface area contributed by atoms with E-state index in [1.807, 2.05) is 6.07 Å². The molecule has 3 aromatic rings. The van der Waals surface area contributed by atoms with Gasteiger partial charge in [-0.25, -0.2) is 4.39 Å². The van der Waals surface area contributed by atoms with Crippen molar-refractivity contribution < 1.29 is 17.6 Å². The Morgan fingerprint density at radius 1 is 0.871 bits per heavy atom. The molecule has 0 aliphatic heterocycles. The molecule has 4 rings (SSSR count). The predicted molar refractivity (Wildman–Crippen MR) is 118 cm³/mol. The minimum absolute atomic E-state index is 0.345. The van der Waals surface area contributed by atoms with Crippen LogP contribution < -0.4 is 0 Å². The van der Waals surface area contributed by atoms with Gasteiger partial charge in [-0.3, -0.25) is 4.99 Å². The van der Waals surface area contributed by atoms with E-state index in [0.29, 0.717) is 10.5 Å². The first-order chi connectivity index (χ1) is 14.9. The molecule has 0 unspecified atom stereocenters. The highest BCUT2D eigenvalue weighted by Gasteiger charge is 2.30. The first-order valence-corrected chi connectivity index (χ1v) is 10.7. The zero-order valence-corrected chi connectivity index (χ0v) is 17.3. The topological polar surface area (TPSA) is 12.4 Å². The van der Waals surface area contributed by atoms with Crippen LogP contribution in [0.4, 0.5) is 23.2 Å². The van der Waals surface area contributed by atoms with Crippen molar-refractivity contribution in [1.82, 2.24) is 0 Å². The standard InChI is InChI=1S/C25H19F4NS/c26-21-9-12-23(13-10-21)31-24(18-4-7-20(8-5-18)25(27,28)29)14-15-30-22-11-6-17-2-1-3-19(17)16-22/h4-16H,1-3H2. The zero-order chi connectivity index (χ0) is 21.8. The molecule has 3 aromatic carbocycles. The zero-order valence-electron chi connectivity index (χ0n) is 16.5. The number of rotatable bonds is 5. The molecule has 1 nitrogen and oxygen atoms in total. The Morgan fingerprint density at radius 3 is 2.29 bits per heavy atom. The molecule has 0 radical (unpaired) electrons. The summed E-state index contributed by atoms with van der Waals surface area (Å²) in [7, 11) is 0. The van der Waals surface area contributed by atoms with Gasteiger partial charge in [-0.05, 0) is 90.6 Å². The lowest BCUT2D eigenvalue weighted by molar-refractivity contribution is -0.137. The summed E-state index contributed by atoms with van der Waals surface area (Å²) in [5.74, 6) is -0.345. The van der Waals surface area contributed by atoms with Gasteiger partial charge in [-0.2, -0.15) is 13.2 Å². The summed E-state index contributed by atoms with van der Waals surface area (Å²) >= 11 is 1.34. The Labute approximate surface area is 182 Å². The molecule has 0 atom stereocenters. The van der Waals surface area contributed by atoms with Gasteiger partial charge in [0.05, 0.1) is 11.3 Å². The Hall–Kier alpha value is -2.86. The summed E-state index contributed by atoms with van der Waals surface area (Å²) in [4.78, 5) is 6.00. The minimum Gasteiger partial charge on any atom is -0.257 e. The highest BCUT2D eigenvalue weighted by Crippen LogP contribution is 2.36. The lowest BCUT2D eigenvalue weighted by atomic mass is 10.1. The van der Waals surface area contributed by atoms with Gasteiger partial charge in [0.1, 0.15) is 5.82 Å². The normalized spacial score (nSPS) is 14.3. The lowest BCUT2D eigenvalue weighted by Crippen LogP contribution is -2.04. The van der Waals surface area contributed by atoms with E-state index in [9.17, 15) is 17.6 Å². The molecule has 0 heterocycles. The molecular formula is C25H19F4NS. The molecule has 0 N–H and O–H groups in total. The Bertz CT molecular complexity index is 1110. The molecule has 0 spiro atoms. The van der Waals surface area contributed by atoms with Crippen molar-refractivity contribution >= 4 is 28.6 Å². The van der Waals surface area contributed by atoms with Crippen LogP contribution in [0.25, 0.3) is 4.91 Å². The molecule has 6 heteroatoms. The largest absolute Gasteiger partial charge is 0.416 e. The Balaban J connectivity index is 1.61. The molecule has 0 fully saturated rings. The fourth-order valence-electron chi connectivity index (χ4n) is 3.47. The van der Waals surface area contributed by atoms with Crippen LogP contribution in [0.15, 0.2) is 82.7 Å². The predicted octanol–water partition coefficient (Wildman–Crippen LogP) is 7.87. The summed E-state index contributed by atoms with van der Waals surface area (Å²) in [5, 5.41) is 0. The second-order valence-corrected chi connectivity index (χ2v) is 8.36. The Morgan fingerprint density at radius 2 is 1.58 bits per heavy atom. The van der Waals surface area contributed by atoms with Gasteiger partial charge >= 0.3 is 6.18 Å².